The molecule has 0 radical (unpaired) electrons. The molecule has 2 aromatic carbocycles. The van der Waals surface area contributed by atoms with Crippen molar-refractivity contribution in [3.63, 3.8) is 0 Å². The van der Waals surface area contributed by atoms with Gasteiger partial charge in [-0.1, -0.05) is 36.8 Å². The number of hydrogen-bond donors (Lipinski definition) is 1. The third kappa shape index (κ3) is 1.97. The topological polar surface area (TPSA) is 21.3 Å². The first-order valence-electron chi connectivity index (χ1n) is 6.69. The van der Waals surface area contributed by atoms with Crippen LogP contribution in [0.25, 0.3) is 10.8 Å². The molecule has 0 aromatic heterocycles. The molecule has 2 heteroatoms. The molecule has 0 amide bonds. The van der Waals surface area contributed by atoms with Crippen molar-refractivity contribution in [1.29, 1.82) is 0 Å². The highest BCUT2D eigenvalue weighted by Gasteiger charge is 2.17. The van der Waals surface area contributed by atoms with Gasteiger partial charge in [0.2, 0.25) is 0 Å². The molecule has 1 aliphatic rings. The first-order chi connectivity index (χ1) is 8.90. The van der Waals surface area contributed by atoms with Crippen molar-refractivity contribution < 1.29 is 4.74 Å². The fraction of sp³-hybridized carbons (Fsp3) is 0.375. The molecule has 3 rings (SSSR count). The molecule has 0 aliphatic carbocycles. The van der Waals surface area contributed by atoms with Gasteiger partial charge >= 0.3 is 0 Å². The molecule has 1 aliphatic heterocycles. The van der Waals surface area contributed by atoms with Crippen LogP contribution < -0.4 is 10.1 Å². The number of ether oxygens (including phenoxy) is 1. The Morgan fingerprint density at radius 2 is 1.89 bits per heavy atom. The lowest BCUT2D eigenvalue weighted by Crippen LogP contribution is -2.26. The highest BCUT2D eigenvalue weighted by Crippen LogP contribution is 2.34. The summed E-state index contributed by atoms with van der Waals surface area (Å²) in [6.07, 6.45) is 3.85. The maximum atomic E-state index is 5.45. The molecule has 2 nitrogen and oxygen atoms in total. The summed E-state index contributed by atoms with van der Waals surface area (Å²) in [6, 6.07) is 13.3. The van der Waals surface area contributed by atoms with E-state index < -0.39 is 0 Å². The van der Waals surface area contributed by atoms with Gasteiger partial charge in [0.15, 0.2) is 0 Å². The van der Waals surface area contributed by atoms with Gasteiger partial charge in [0.25, 0.3) is 0 Å². The van der Waals surface area contributed by atoms with Crippen LogP contribution >= 0.6 is 0 Å². The van der Waals surface area contributed by atoms with E-state index in [0.29, 0.717) is 6.04 Å². The van der Waals surface area contributed by atoms with Gasteiger partial charge in [-0.25, -0.2) is 0 Å². The van der Waals surface area contributed by atoms with Crippen LogP contribution in [0, 0.1) is 0 Å². The normalized spacial score (nSPS) is 19.9. The van der Waals surface area contributed by atoms with Crippen molar-refractivity contribution in [2.24, 2.45) is 0 Å². The van der Waals surface area contributed by atoms with Crippen LogP contribution in [0.2, 0.25) is 0 Å². The predicted molar refractivity (Wildman–Crippen MR) is 75.1 cm³/mol. The highest BCUT2D eigenvalue weighted by atomic mass is 16.5. The van der Waals surface area contributed by atoms with Gasteiger partial charge in [0.05, 0.1) is 7.11 Å². The maximum absolute atomic E-state index is 5.45. The molecule has 1 fully saturated rings. The lowest BCUT2D eigenvalue weighted by atomic mass is 9.93. The quantitative estimate of drug-likeness (QED) is 0.866. The van der Waals surface area contributed by atoms with E-state index in [9.17, 15) is 0 Å². The van der Waals surface area contributed by atoms with Gasteiger partial charge < -0.3 is 10.1 Å². The fourth-order valence-corrected chi connectivity index (χ4v) is 2.89. The summed E-state index contributed by atoms with van der Waals surface area (Å²) in [7, 11) is 1.74. The van der Waals surface area contributed by atoms with E-state index in [4.69, 9.17) is 4.74 Å². The third-order valence-corrected chi connectivity index (χ3v) is 3.82. The van der Waals surface area contributed by atoms with Crippen molar-refractivity contribution in [3.05, 3.63) is 42.0 Å². The number of hydrogen-bond acceptors (Lipinski definition) is 2. The number of benzene rings is 2. The number of fused-ring (bicyclic) bond motifs is 1. The van der Waals surface area contributed by atoms with Crippen molar-refractivity contribution in [2.75, 3.05) is 13.7 Å². The summed E-state index contributed by atoms with van der Waals surface area (Å²) < 4.78 is 5.45. The van der Waals surface area contributed by atoms with Crippen LogP contribution in [-0.2, 0) is 0 Å². The minimum atomic E-state index is 0.495. The lowest BCUT2D eigenvalue weighted by Gasteiger charge is -2.25. The van der Waals surface area contributed by atoms with Crippen LogP contribution in [0.3, 0.4) is 0 Å². The second-order valence-electron chi connectivity index (χ2n) is 4.91. The molecule has 1 heterocycles. The van der Waals surface area contributed by atoms with Gasteiger partial charge in [0.1, 0.15) is 5.75 Å². The Balaban J connectivity index is 2.12. The molecule has 0 saturated carbocycles. The molecular weight excluding hydrogens is 222 g/mol. The molecular formula is C16H19NO. The average Bonchev–Trinajstić information content (AvgIpc) is 2.47. The molecule has 18 heavy (non-hydrogen) atoms. The second kappa shape index (κ2) is 4.99. The van der Waals surface area contributed by atoms with Gasteiger partial charge in [-0.15, -0.1) is 0 Å². The van der Waals surface area contributed by atoms with E-state index in [-0.39, 0.29) is 0 Å². The summed E-state index contributed by atoms with van der Waals surface area (Å²) in [5.74, 6) is 0.963. The Morgan fingerprint density at radius 1 is 1.06 bits per heavy atom. The number of piperidine rings is 1. The van der Waals surface area contributed by atoms with Gasteiger partial charge in [-0.05, 0) is 36.4 Å². The number of methoxy groups -OCH3 is 1. The van der Waals surface area contributed by atoms with E-state index in [1.807, 2.05) is 0 Å². The maximum Gasteiger partial charge on any atom is 0.126 e. The monoisotopic (exact) mass is 241 g/mol. The summed E-state index contributed by atoms with van der Waals surface area (Å²) in [6.45, 7) is 1.13. The minimum absolute atomic E-state index is 0.495. The summed E-state index contributed by atoms with van der Waals surface area (Å²) in [5.41, 5.74) is 1.41. The van der Waals surface area contributed by atoms with Gasteiger partial charge in [-0.2, -0.15) is 0 Å². The Labute approximate surface area is 108 Å². The second-order valence-corrected chi connectivity index (χ2v) is 4.91. The summed E-state index contributed by atoms with van der Waals surface area (Å²) in [4.78, 5) is 0. The summed E-state index contributed by atoms with van der Waals surface area (Å²) in [5, 5.41) is 6.15. The summed E-state index contributed by atoms with van der Waals surface area (Å²) >= 11 is 0. The standard InChI is InChI=1S/C16H19NO/c1-18-16-10-9-13(15-8-4-5-11-17-15)12-6-2-3-7-14(12)16/h2-3,6-7,9-10,15,17H,4-5,8,11H2,1H3. The number of nitrogens with one attached hydrogen (secondary N) is 1. The van der Waals surface area contributed by atoms with Crippen molar-refractivity contribution >= 4 is 10.8 Å². The Kier molecular flexibility index (Phi) is 3.20. The third-order valence-electron chi connectivity index (χ3n) is 3.82. The Hall–Kier alpha value is -1.54. The average molecular weight is 241 g/mol. The van der Waals surface area contributed by atoms with Crippen LogP contribution in [0.15, 0.2) is 36.4 Å². The first-order valence-corrected chi connectivity index (χ1v) is 6.69. The Morgan fingerprint density at radius 3 is 2.61 bits per heavy atom. The van der Waals surface area contributed by atoms with E-state index in [2.05, 4.69) is 41.7 Å². The Bertz CT molecular complexity index is 544. The van der Waals surface area contributed by atoms with Crippen molar-refractivity contribution in [2.45, 2.75) is 25.3 Å². The van der Waals surface area contributed by atoms with E-state index >= 15 is 0 Å². The van der Waals surface area contributed by atoms with Crippen LogP contribution in [0.4, 0.5) is 0 Å². The zero-order chi connectivity index (χ0) is 12.4. The van der Waals surface area contributed by atoms with E-state index in [1.165, 1.54) is 35.6 Å². The lowest BCUT2D eigenvalue weighted by molar-refractivity contribution is 0.410. The zero-order valence-electron chi connectivity index (χ0n) is 10.8. The number of rotatable bonds is 2. The molecule has 1 saturated heterocycles. The first kappa shape index (κ1) is 11.5. The predicted octanol–water partition coefficient (Wildman–Crippen LogP) is 3.66. The largest absolute Gasteiger partial charge is 0.496 e. The van der Waals surface area contributed by atoms with Crippen molar-refractivity contribution in [3.8, 4) is 5.75 Å². The molecule has 0 bridgehead atoms. The van der Waals surface area contributed by atoms with Crippen LogP contribution in [0.5, 0.6) is 5.75 Å². The highest BCUT2D eigenvalue weighted by molar-refractivity contribution is 5.91. The van der Waals surface area contributed by atoms with Gasteiger partial charge in [-0.3, -0.25) is 0 Å². The minimum Gasteiger partial charge on any atom is -0.496 e. The SMILES string of the molecule is COc1ccc(C2CCCCN2)c2ccccc12. The zero-order valence-corrected chi connectivity index (χ0v) is 10.8. The van der Waals surface area contributed by atoms with Crippen molar-refractivity contribution in [1.82, 2.24) is 5.32 Å². The van der Waals surface area contributed by atoms with E-state index in [0.717, 1.165) is 12.3 Å². The van der Waals surface area contributed by atoms with Gasteiger partial charge in [0, 0.05) is 11.4 Å². The molecule has 1 unspecified atom stereocenters. The molecule has 94 valence electrons. The fourth-order valence-electron chi connectivity index (χ4n) is 2.89. The molecule has 1 atom stereocenters. The molecule has 1 N–H and O–H groups in total. The molecule has 0 spiro atoms. The van der Waals surface area contributed by atoms with Crippen LogP contribution in [0.1, 0.15) is 30.9 Å². The smallest absolute Gasteiger partial charge is 0.126 e. The van der Waals surface area contributed by atoms with Crippen LogP contribution in [-0.4, -0.2) is 13.7 Å². The molecule has 2 aromatic rings. The van der Waals surface area contributed by atoms with E-state index in [1.54, 1.807) is 7.11 Å².